The monoisotopic (exact) mass is 505 g/mol. The number of benzene rings is 1. The normalized spacial score (nSPS) is 17.6. The summed E-state index contributed by atoms with van der Waals surface area (Å²) in [6.45, 7) is 9.08. The summed E-state index contributed by atoms with van der Waals surface area (Å²) < 4.78 is 2.29. The van der Waals surface area contributed by atoms with E-state index in [2.05, 4.69) is 35.8 Å². The van der Waals surface area contributed by atoms with Crippen molar-refractivity contribution in [1.29, 1.82) is 0 Å². The summed E-state index contributed by atoms with van der Waals surface area (Å²) in [4.78, 5) is 28.3. The van der Waals surface area contributed by atoms with Crippen LogP contribution in [-0.4, -0.2) is 73.1 Å². The topological polar surface area (TPSA) is 102 Å². The van der Waals surface area contributed by atoms with Crippen LogP contribution in [0.2, 0.25) is 0 Å². The van der Waals surface area contributed by atoms with Gasteiger partial charge in [0.15, 0.2) is 0 Å². The van der Waals surface area contributed by atoms with Crippen LogP contribution in [0.3, 0.4) is 0 Å². The Kier molecular flexibility index (Phi) is 8.33. The molecule has 3 N–H and O–H groups in total. The fourth-order valence-electron chi connectivity index (χ4n) is 5.90. The average Bonchev–Trinajstić information content (AvgIpc) is 3.64. The highest BCUT2D eigenvalue weighted by molar-refractivity contribution is 5.70. The van der Waals surface area contributed by atoms with Gasteiger partial charge in [-0.25, -0.2) is 9.97 Å². The van der Waals surface area contributed by atoms with Gasteiger partial charge in [0.1, 0.15) is 11.6 Å². The quantitative estimate of drug-likeness (QED) is 0.348. The maximum atomic E-state index is 11.0. The van der Waals surface area contributed by atoms with Crippen LogP contribution in [-0.2, 0) is 37.4 Å². The Morgan fingerprint density at radius 2 is 1.81 bits per heavy atom. The van der Waals surface area contributed by atoms with E-state index in [4.69, 9.17) is 10.1 Å². The Morgan fingerprint density at radius 1 is 1.00 bits per heavy atom. The number of aromatic nitrogens is 4. The van der Waals surface area contributed by atoms with E-state index in [1.54, 1.807) is 6.20 Å². The smallest absolute Gasteiger partial charge is 0.307 e. The number of aliphatic carboxylic acids is 1. The van der Waals surface area contributed by atoms with Crippen LogP contribution in [0.25, 0.3) is 0 Å². The fraction of sp³-hybridized carbons (Fsp3) is 0.536. The van der Waals surface area contributed by atoms with Crippen LogP contribution >= 0.6 is 0 Å². The molecule has 0 aliphatic carbocycles. The zero-order chi connectivity index (χ0) is 25.5. The first-order chi connectivity index (χ1) is 18.1. The van der Waals surface area contributed by atoms with Crippen LogP contribution in [0.1, 0.15) is 48.5 Å². The Bertz CT molecular complexity index is 1120. The predicted molar refractivity (Wildman–Crippen MR) is 142 cm³/mol. The van der Waals surface area contributed by atoms with E-state index < -0.39 is 5.97 Å². The van der Waals surface area contributed by atoms with Gasteiger partial charge in [-0.05, 0) is 68.4 Å². The number of nitrogens with one attached hydrogen (secondary N) is 2. The van der Waals surface area contributed by atoms with Gasteiger partial charge in [-0.15, -0.1) is 0 Å². The average molecular weight is 506 g/mol. The van der Waals surface area contributed by atoms with E-state index in [9.17, 15) is 4.79 Å². The molecule has 37 heavy (non-hydrogen) atoms. The van der Waals surface area contributed by atoms with Crippen molar-refractivity contribution in [3.05, 3.63) is 71.8 Å². The van der Waals surface area contributed by atoms with Crippen LogP contribution in [0.15, 0.2) is 49.1 Å². The zero-order valence-corrected chi connectivity index (χ0v) is 21.6. The van der Waals surface area contributed by atoms with Crippen molar-refractivity contribution in [2.24, 2.45) is 5.41 Å². The molecule has 9 heteroatoms. The summed E-state index contributed by atoms with van der Waals surface area (Å²) >= 11 is 0. The molecule has 1 aromatic carbocycles. The number of hydrogen-bond acceptors (Lipinski definition) is 6. The third kappa shape index (κ3) is 7.06. The molecule has 0 saturated carbocycles. The number of carboxylic acid groups (broad SMARTS) is 1. The lowest BCUT2D eigenvalue weighted by Gasteiger charge is -2.34. The number of carboxylic acids is 1. The molecular formula is C28H39N7O2. The van der Waals surface area contributed by atoms with Crippen molar-refractivity contribution in [2.45, 2.75) is 58.3 Å². The van der Waals surface area contributed by atoms with Crippen molar-refractivity contribution in [3.63, 3.8) is 0 Å². The van der Waals surface area contributed by atoms with Gasteiger partial charge in [-0.2, -0.15) is 0 Å². The van der Waals surface area contributed by atoms with E-state index in [1.165, 1.54) is 45.4 Å². The van der Waals surface area contributed by atoms with Gasteiger partial charge >= 0.3 is 5.97 Å². The number of carbonyl (C=O) groups is 1. The predicted octanol–water partition coefficient (Wildman–Crippen LogP) is 2.90. The molecule has 3 aromatic rings. The Labute approximate surface area is 218 Å². The minimum atomic E-state index is -0.811. The molecule has 1 spiro atoms. The highest BCUT2D eigenvalue weighted by Crippen LogP contribution is 2.38. The van der Waals surface area contributed by atoms with Crippen molar-refractivity contribution >= 4 is 5.97 Å². The molecule has 2 aliphatic heterocycles. The first-order valence-electron chi connectivity index (χ1n) is 13.5. The summed E-state index contributed by atoms with van der Waals surface area (Å²) in [7, 11) is 0. The van der Waals surface area contributed by atoms with E-state index in [0.717, 1.165) is 48.8 Å². The van der Waals surface area contributed by atoms with Crippen molar-refractivity contribution < 1.29 is 9.90 Å². The second-order valence-corrected chi connectivity index (χ2v) is 10.7. The first-order valence-corrected chi connectivity index (χ1v) is 13.5. The maximum absolute atomic E-state index is 11.0. The van der Waals surface area contributed by atoms with E-state index in [0.29, 0.717) is 18.5 Å². The molecule has 2 aliphatic rings. The summed E-state index contributed by atoms with van der Waals surface area (Å²) in [5, 5.41) is 12.6. The third-order valence-electron chi connectivity index (χ3n) is 7.93. The minimum Gasteiger partial charge on any atom is -0.481 e. The number of likely N-dealkylation sites (tertiary alicyclic amines) is 1. The van der Waals surface area contributed by atoms with Crippen LogP contribution in [0.5, 0.6) is 0 Å². The highest BCUT2D eigenvalue weighted by Gasteiger charge is 2.38. The third-order valence-corrected chi connectivity index (χ3v) is 7.93. The molecule has 0 atom stereocenters. The highest BCUT2D eigenvalue weighted by atomic mass is 16.4. The summed E-state index contributed by atoms with van der Waals surface area (Å²) in [6.07, 6.45) is 12.8. The number of nitrogens with zero attached hydrogens (tertiary/aromatic N) is 5. The number of aromatic amines is 1. The summed E-state index contributed by atoms with van der Waals surface area (Å²) in [5.74, 6) is 1.17. The number of rotatable bonds is 12. The Morgan fingerprint density at radius 3 is 2.57 bits per heavy atom. The molecule has 0 unspecified atom stereocenters. The van der Waals surface area contributed by atoms with E-state index >= 15 is 0 Å². The van der Waals surface area contributed by atoms with Gasteiger partial charge < -0.3 is 24.9 Å². The van der Waals surface area contributed by atoms with Crippen LogP contribution in [0.4, 0.5) is 0 Å². The number of imidazole rings is 2. The largest absolute Gasteiger partial charge is 0.481 e. The maximum Gasteiger partial charge on any atom is 0.307 e. The number of hydrogen-bond donors (Lipinski definition) is 3. The summed E-state index contributed by atoms with van der Waals surface area (Å²) in [6, 6.07) is 7.85. The van der Waals surface area contributed by atoms with Crippen molar-refractivity contribution in [3.8, 4) is 0 Å². The van der Waals surface area contributed by atoms with Gasteiger partial charge in [-0.1, -0.05) is 24.3 Å². The SMILES string of the molecule is O=C(O)Cc1ccc(CN(Cc2ncc[nH]2)Cc2nccn2CCCN2CCC3(CCNCC3)C2)cc1. The lowest BCUT2D eigenvalue weighted by Crippen LogP contribution is -2.38. The molecule has 0 amide bonds. The van der Waals surface area contributed by atoms with Gasteiger partial charge in [0.2, 0.25) is 0 Å². The zero-order valence-electron chi connectivity index (χ0n) is 21.6. The first kappa shape index (κ1) is 25.6. The molecular weight excluding hydrogens is 466 g/mol. The molecule has 5 rings (SSSR count). The number of aryl methyl sites for hydroxylation is 1. The molecule has 198 valence electrons. The van der Waals surface area contributed by atoms with Crippen molar-refractivity contribution in [1.82, 2.24) is 34.6 Å². The van der Waals surface area contributed by atoms with Gasteiger partial charge in [0, 0.05) is 44.4 Å². The second-order valence-electron chi connectivity index (χ2n) is 10.7. The molecule has 9 nitrogen and oxygen atoms in total. The Balaban J connectivity index is 1.17. The summed E-state index contributed by atoms with van der Waals surface area (Å²) in [5.41, 5.74) is 2.51. The lowest BCUT2D eigenvalue weighted by atomic mass is 9.78. The molecule has 2 saturated heterocycles. The molecule has 0 radical (unpaired) electrons. The number of H-pyrrole nitrogens is 1. The second kappa shape index (κ2) is 12.0. The van der Waals surface area contributed by atoms with Gasteiger partial charge in [-0.3, -0.25) is 9.69 Å². The van der Waals surface area contributed by atoms with Gasteiger partial charge in [0.25, 0.3) is 0 Å². The van der Waals surface area contributed by atoms with Crippen LogP contribution < -0.4 is 5.32 Å². The van der Waals surface area contributed by atoms with E-state index in [1.807, 2.05) is 36.7 Å². The molecule has 2 aromatic heterocycles. The molecule has 4 heterocycles. The van der Waals surface area contributed by atoms with Crippen LogP contribution in [0, 0.1) is 5.41 Å². The van der Waals surface area contributed by atoms with Crippen molar-refractivity contribution in [2.75, 3.05) is 32.7 Å². The Hall–Kier alpha value is -3.01. The lowest BCUT2D eigenvalue weighted by molar-refractivity contribution is -0.136. The van der Waals surface area contributed by atoms with Gasteiger partial charge in [0.05, 0.1) is 19.5 Å². The fourth-order valence-corrected chi connectivity index (χ4v) is 5.90. The molecule has 2 fully saturated rings. The number of piperidine rings is 1. The molecule has 0 bridgehead atoms. The van der Waals surface area contributed by atoms with E-state index in [-0.39, 0.29) is 6.42 Å². The standard InChI is InChI=1S/C28H39N7O2/c36-27(37)18-23-2-4-24(5-3-23)19-34(20-25-30-11-12-31-25)21-26-32-13-17-35(26)15-1-14-33-16-8-28(22-33)6-9-29-10-7-28/h2-5,11-13,17,29H,1,6-10,14-16,18-22H2,(H,30,31)(H,36,37). The minimum absolute atomic E-state index is 0.0451.